The quantitative estimate of drug-likeness (QED) is 0.160. The lowest BCUT2D eigenvalue weighted by molar-refractivity contribution is -0.152. The molecular weight excluding hydrogens is 407 g/mol. The van der Waals surface area contributed by atoms with Gasteiger partial charge >= 0.3 is 8.38 Å². The van der Waals surface area contributed by atoms with Gasteiger partial charge in [0.25, 0.3) is 0 Å². The number of benzene rings is 5. The van der Waals surface area contributed by atoms with Crippen LogP contribution in [0.3, 0.4) is 0 Å². The third-order valence-corrected chi connectivity index (χ3v) is 6.00. The van der Waals surface area contributed by atoms with E-state index < -0.39 is 8.38 Å². The fraction of sp³-hybridized carbons (Fsp3) is 0. The minimum atomic E-state index is -1.66. The Bertz CT molecular complexity index is 1210. The van der Waals surface area contributed by atoms with Crippen LogP contribution >= 0.6 is 8.38 Å². The largest absolute Gasteiger partial charge is 0.331 e. The van der Waals surface area contributed by atoms with Crippen molar-refractivity contribution in [3.8, 4) is 11.5 Å². The van der Waals surface area contributed by atoms with Crippen LogP contribution in [0, 0.1) is 0 Å². The highest BCUT2D eigenvalue weighted by atomic mass is 31.2. The van der Waals surface area contributed by atoms with Crippen LogP contribution in [0.5, 0.6) is 11.5 Å². The summed E-state index contributed by atoms with van der Waals surface area (Å²) in [6, 6.07) is 37.2. The van der Waals surface area contributed by atoms with Gasteiger partial charge in [0.2, 0.25) is 0 Å². The Morgan fingerprint density at radius 1 is 0.419 bits per heavy atom. The molecule has 0 aromatic heterocycles. The van der Waals surface area contributed by atoms with Crippen molar-refractivity contribution in [2.75, 3.05) is 0 Å². The van der Waals surface area contributed by atoms with Gasteiger partial charge in [-0.15, -0.1) is 9.35 Å². The van der Waals surface area contributed by atoms with E-state index in [4.69, 9.17) is 19.1 Å². The van der Waals surface area contributed by atoms with Crippen LogP contribution in [0.1, 0.15) is 0 Å². The van der Waals surface area contributed by atoms with E-state index in [2.05, 4.69) is 0 Å². The first kappa shape index (κ1) is 19.5. The topological polar surface area (TPSA) is 36.9 Å². The molecule has 31 heavy (non-hydrogen) atoms. The Morgan fingerprint density at radius 3 is 1.42 bits per heavy atom. The molecule has 0 aliphatic rings. The molecule has 0 fully saturated rings. The van der Waals surface area contributed by atoms with Crippen molar-refractivity contribution in [1.29, 1.82) is 0 Å². The highest BCUT2D eigenvalue weighted by Crippen LogP contribution is 2.40. The molecule has 0 heterocycles. The van der Waals surface area contributed by atoms with Crippen LogP contribution in [0.15, 0.2) is 115 Å². The van der Waals surface area contributed by atoms with Crippen LogP contribution in [-0.2, 0) is 9.35 Å². The summed E-state index contributed by atoms with van der Waals surface area (Å²) in [6.07, 6.45) is 0. The molecular formula is C26H19O4P. The predicted molar refractivity (Wildman–Crippen MR) is 124 cm³/mol. The molecule has 5 aromatic carbocycles. The zero-order valence-corrected chi connectivity index (χ0v) is 17.4. The van der Waals surface area contributed by atoms with Gasteiger partial charge < -0.3 is 9.78 Å². The van der Waals surface area contributed by atoms with Gasteiger partial charge in [-0.05, 0) is 35.0 Å². The molecule has 0 radical (unpaired) electrons. The van der Waals surface area contributed by atoms with E-state index in [1.54, 1.807) is 0 Å². The van der Waals surface area contributed by atoms with Crippen molar-refractivity contribution in [2.24, 2.45) is 0 Å². The summed E-state index contributed by atoms with van der Waals surface area (Å²) in [5.74, 6) is 1.24. The smallest absolute Gasteiger partial charge is 0.303 e. The molecule has 0 unspecified atom stereocenters. The molecule has 0 atom stereocenters. The van der Waals surface area contributed by atoms with E-state index in [0.717, 1.165) is 26.8 Å². The second-order valence-electron chi connectivity index (χ2n) is 6.86. The maximum absolute atomic E-state index is 5.77. The third-order valence-electron chi connectivity index (χ3n) is 4.86. The van der Waals surface area contributed by atoms with Gasteiger partial charge in [-0.1, -0.05) is 91.0 Å². The molecule has 0 aliphatic heterocycles. The van der Waals surface area contributed by atoms with Gasteiger partial charge in [0.05, 0.1) is 0 Å². The normalized spacial score (nSPS) is 11.1. The first-order valence-corrected chi connectivity index (χ1v) is 11.1. The molecule has 5 rings (SSSR count). The first-order chi connectivity index (χ1) is 15.4. The highest BCUT2D eigenvalue weighted by Gasteiger charge is 2.20. The molecule has 0 spiro atoms. The monoisotopic (exact) mass is 426 g/mol. The van der Waals surface area contributed by atoms with Gasteiger partial charge in [-0.2, -0.15) is 0 Å². The summed E-state index contributed by atoms with van der Waals surface area (Å²) in [7, 11) is -1.66. The lowest BCUT2D eigenvalue weighted by atomic mass is 10.1. The molecule has 152 valence electrons. The Morgan fingerprint density at radius 2 is 0.871 bits per heavy atom. The van der Waals surface area contributed by atoms with Gasteiger partial charge in [0, 0.05) is 16.1 Å². The molecule has 0 saturated heterocycles. The number of hydrogen-bond acceptors (Lipinski definition) is 4. The Labute approximate surface area is 181 Å². The number of rotatable bonds is 7. The van der Waals surface area contributed by atoms with Crippen molar-refractivity contribution >= 4 is 35.2 Å². The Kier molecular flexibility index (Phi) is 5.76. The lowest BCUT2D eigenvalue weighted by Crippen LogP contribution is -2.09. The van der Waals surface area contributed by atoms with Gasteiger partial charge in [0.1, 0.15) is 0 Å². The van der Waals surface area contributed by atoms with Crippen molar-refractivity contribution in [3.05, 3.63) is 115 Å². The van der Waals surface area contributed by atoms with Crippen LogP contribution in [0.2, 0.25) is 0 Å². The summed E-state index contributed by atoms with van der Waals surface area (Å²) < 4.78 is 11.5. The molecule has 0 N–H and O–H groups in total. The Balaban J connectivity index is 1.38. The van der Waals surface area contributed by atoms with Crippen molar-refractivity contribution in [1.82, 2.24) is 0 Å². The van der Waals surface area contributed by atoms with E-state index in [9.17, 15) is 0 Å². The van der Waals surface area contributed by atoms with E-state index in [1.165, 1.54) is 0 Å². The standard InChI is InChI=1S/C26H19O4P/c1-2-14-22(15-3-1)31(29-27-25-18-8-12-20-10-4-6-16-23(20)25)30-28-26-19-9-13-21-11-5-7-17-24(21)26/h1-19H. The second kappa shape index (κ2) is 9.15. The van der Waals surface area contributed by atoms with E-state index in [-0.39, 0.29) is 0 Å². The van der Waals surface area contributed by atoms with E-state index >= 15 is 0 Å². The van der Waals surface area contributed by atoms with Crippen molar-refractivity contribution < 1.29 is 19.1 Å². The molecule has 0 bridgehead atoms. The summed E-state index contributed by atoms with van der Waals surface area (Å²) in [5.41, 5.74) is 0. The fourth-order valence-electron chi connectivity index (χ4n) is 3.33. The third kappa shape index (κ3) is 4.37. The lowest BCUT2D eigenvalue weighted by Gasteiger charge is -2.16. The zero-order chi connectivity index (χ0) is 20.9. The molecule has 0 amide bonds. The van der Waals surface area contributed by atoms with Crippen LogP contribution in [0.25, 0.3) is 21.5 Å². The van der Waals surface area contributed by atoms with E-state index in [0.29, 0.717) is 11.5 Å². The van der Waals surface area contributed by atoms with Gasteiger partial charge in [-0.25, -0.2) is 0 Å². The van der Waals surface area contributed by atoms with Crippen molar-refractivity contribution in [2.45, 2.75) is 0 Å². The average Bonchev–Trinajstić information content (AvgIpc) is 2.84. The van der Waals surface area contributed by atoms with Gasteiger partial charge in [0.15, 0.2) is 11.5 Å². The van der Waals surface area contributed by atoms with E-state index in [1.807, 2.05) is 115 Å². The fourth-order valence-corrected chi connectivity index (χ4v) is 4.24. The number of fused-ring (bicyclic) bond motifs is 2. The summed E-state index contributed by atoms with van der Waals surface area (Å²) in [4.78, 5) is 11.5. The van der Waals surface area contributed by atoms with Crippen LogP contribution in [-0.4, -0.2) is 0 Å². The molecule has 5 heteroatoms. The van der Waals surface area contributed by atoms with Gasteiger partial charge in [-0.3, -0.25) is 0 Å². The summed E-state index contributed by atoms with van der Waals surface area (Å²) in [6.45, 7) is 0. The predicted octanol–water partition coefficient (Wildman–Crippen LogP) is 6.95. The first-order valence-electron chi connectivity index (χ1n) is 9.88. The maximum Gasteiger partial charge on any atom is 0.303 e. The summed E-state index contributed by atoms with van der Waals surface area (Å²) in [5, 5.41) is 4.89. The zero-order valence-electron chi connectivity index (χ0n) is 16.5. The molecule has 5 aromatic rings. The minimum Gasteiger partial charge on any atom is -0.331 e. The number of hydrogen-bond donors (Lipinski definition) is 0. The highest BCUT2D eigenvalue weighted by molar-refractivity contribution is 7.55. The van der Waals surface area contributed by atoms with Crippen LogP contribution < -0.4 is 15.1 Å². The van der Waals surface area contributed by atoms with Crippen molar-refractivity contribution in [3.63, 3.8) is 0 Å². The SMILES string of the molecule is c1ccc(P(OOc2cccc3ccccc23)OOc2cccc3ccccc23)cc1. The maximum atomic E-state index is 5.77. The molecule has 0 saturated carbocycles. The average molecular weight is 426 g/mol. The van der Waals surface area contributed by atoms with Crippen LogP contribution in [0.4, 0.5) is 0 Å². The molecule has 0 aliphatic carbocycles. The Hall–Kier alpha value is -3.43. The minimum absolute atomic E-state index is 0.621. The summed E-state index contributed by atoms with van der Waals surface area (Å²) >= 11 is 0. The molecule has 4 nitrogen and oxygen atoms in total. The second-order valence-corrected chi connectivity index (χ2v) is 8.19.